The third-order valence-electron chi connectivity index (χ3n) is 5.51. The summed E-state index contributed by atoms with van der Waals surface area (Å²) in [6.45, 7) is 7.45. The Balaban J connectivity index is 1.91. The average Bonchev–Trinajstić information content (AvgIpc) is 3.04. The predicted molar refractivity (Wildman–Crippen MR) is 110 cm³/mol. The Kier molecular flexibility index (Phi) is 9.89. The maximum absolute atomic E-state index is 9.91. The van der Waals surface area contributed by atoms with Crippen LogP contribution in [0, 0.1) is 11.8 Å². The molecule has 28 heavy (non-hydrogen) atoms. The molecule has 5 heteroatoms. The first-order valence-electron chi connectivity index (χ1n) is 10.6. The van der Waals surface area contributed by atoms with E-state index in [4.69, 9.17) is 19.3 Å². The zero-order chi connectivity index (χ0) is 20.4. The Hall–Kier alpha value is -0.980. The standard InChI is InChI=1S/C23H38O5/c1-18(12-13-24)8-7-11-20(15-25)14-21(22-17-27-23(2,3)28-22)26-16-19-9-5-4-6-10-19/h4-6,9-10,18,20-22,24-25H,7-8,11-17H2,1-3H3/t18-,20+,21-,22+/m0/s1. The van der Waals surface area contributed by atoms with E-state index in [0.717, 1.165) is 37.7 Å². The Morgan fingerprint density at radius 1 is 1.14 bits per heavy atom. The molecule has 0 bridgehead atoms. The van der Waals surface area contributed by atoms with E-state index in [-0.39, 0.29) is 31.3 Å². The van der Waals surface area contributed by atoms with E-state index in [1.54, 1.807) is 0 Å². The molecule has 1 fully saturated rings. The molecule has 1 aliphatic rings. The summed E-state index contributed by atoms with van der Waals surface area (Å²) in [5.74, 6) is 0.101. The number of hydrogen-bond donors (Lipinski definition) is 2. The quantitative estimate of drug-likeness (QED) is 0.531. The van der Waals surface area contributed by atoms with Crippen LogP contribution in [0.3, 0.4) is 0 Å². The van der Waals surface area contributed by atoms with Crippen molar-refractivity contribution in [1.82, 2.24) is 0 Å². The lowest BCUT2D eigenvalue weighted by atomic mass is 9.91. The van der Waals surface area contributed by atoms with Gasteiger partial charge in [-0.25, -0.2) is 0 Å². The van der Waals surface area contributed by atoms with Crippen molar-refractivity contribution in [1.29, 1.82) is 0 Å². The van der Waals surface area contributed by atoms with Gasteiger partial charge >= 0.3 is 0 Å². The molecular weight excluding hydrogens is 356 g/mol. The van der Waals surface area contributed by atoms with Crippen molar-refractivity contribution in [2.75, 3.05) is 19.8 Å². The minimum Gasteiger partial charge on any atom is -0.396 e. The molecule has 5 nitrogen and oxygen atoms in total. The van der Waals surface area contributed by atoms with E-state index in [2.05, 4.69) is 19.1 Å². The van der Waals surface area contributed by atoms with Crippen LogP contribution in [0.2, 0.25) is 0 Å². The van der Waals surface area contributed by atoms with Crippen molar-refractivity contribution in [3.05, 3.63) is 35.9 Å². The number of aliphatic hydroxyl groups excluding tert-OH is 2. The van der Waals surface area contributed by atoms with Gasteiger partial charge in [0.2, 0.25) is 0 Å². The molecule has 1 heterocycles. The summed E-state index contributed by atoms with van der Waals surface area (Å²) in [4.78, 5) is 0. The van der Waals surface area contributed by atoms with Gasteiger partial charge in [-0.15, -0.1) is 0 Å². The molecule has 0 aromatic heterocycles. The third-order valence-corrected chi connectivity index (χ3v) is 5.51. The van der Waals surface area contributed by atoms with Crippen LogP contribution in [0.5, 0.6) is 0 Å². The zero-order valence-electron chi connectivity index (χ0n) is 17.7. The largest absolute Gasteiger partial charge is 0.396 e. The Labute approximate surface area is 170 Å². The molecular formula is C23H38O5. The van der Waals surface area contributed by atoms with E-state index >= 15 is 0 Å². The molecule has 0 aliphatic carbocycles. The van der Waals surface area contributed by atoms with Gasteiger partial charge in [0.25, 0.3) is 0 Å². The van der Waals surface area contributed by atoms with Crippen molar-refractivity contribution >= 4 is 0 Å². The molecule has 1 aromatic carbocycles. The Morgan fingerprint density at radius 2 is 1.89 bits per heavy atom. The maximum Gasteiger partial charge on any atom is 0.163 e. The fraction of sp³-hybridized carbons (Fsp3) is 0.739. The first-order valence-corrected chi connectivity index (χ1v) is 10.6. The minimum absolute atomic E-state index is 0.117. The van der Waals surface area contributed by atoms with Crippen molar-refractivity contribution in [2.45, 2.75) is 77.5 Å². The van der Waals surface area contributed by atoms with Crippen molar-refractivity contribution in [3.63, 3.8) is 0 Å². The smallest absolute Gasteiger partial charge is 0.163 e. The number of ether oxygens (including phenoxy) is 3. The van der Waals surface area contributed by atoms with E-state index in [0.29, 0.717) is 19.1 Å². The van der Waals surface area contributed by atoms with Gasteiger partial charge in [0, 0.05) is 13.2 Å². The Morgan fingerprint density at radius 3 is 2.50 bits per heavy atom. The van der Waals surface area contributed by atoms with E-state index < -0.39 is 5.79 Å². The molecule has 0 saturated carbocycles. The van der Waals surface area contributed by atoms with Crippen LogP contribution in [-0.2, 0) is 20.8 Å². The van der Waals surface area contributed by atoms with Crippen LogP contribution in [0.1, 0.15) is 58.4 Å². The van der Waals surface area contributed by atoms with E-state index in [1.807, 2.05) is 32.0 Å². The van der Waals surface area contributed by atoms with E-state index in [9.17, 15) is 5.11 Å². The van der Waals surface area contributed by atoms with Crippen molar-refractivity contribution in [3.8, 4) is 0 Å². The number of aliphatic hydroxyl groups is 2. The second-order valence-electron chi connectivity index (χ2n) is 8.53. The fourth-order valence-electron chi connectivity index (χ4n) is 3.74. The van der Waals surface area contributed by atoms with Gasteiger partial charge in [0.1, 0.15) is 6.10 Å². The maximum atomic E-state index is 9.91. The summed E-state index contributed by atoms with van der Waals surface area (Å²) in [6.07, 6.45) is 4.43. The van der Waals surface area contributed by atoms with Crippen LogP contribution in [0.4, 0.5) is 0 Å². The topological polar surface area (TPSA) is 68.2 Å². The van der Waals surface area contributed by atoms with E-state index in [1.165, 1.54) is 0 Å². The molecule has 0 amide bonds. The summed E-state index contributed by atoms with van der Waals surface area (Å²) in [5, 5.41) is 19.0. The lowest BCUT2D eigenvalue weighted by Crippen LogP contribution is -2.35. The monoisotopic (exact) mass is 394 g/mol. The zero-order valence-corrected chi connectivity index (χ0v) is 17.7. The van der Waals surface area contributed by atoms with Gasteiger partial charge < -0.3 is 24.4 Å². The molecule has 1 saturated heterocycles. The second kappa shape index (κ2) is 11.9. The molecule has 1 aliphatic heterocycles. The molecule has 2 rings (SSSR count). The molecule has 0 spiro atoms. The molecule has 2 N–H and O–H groups in total. The highest BCUT2D eigenvalue weighted by atomic mass is 16.7. The van der Waals surface area contributed by atoms with Crippen LogP contribution in [0.15, 0.2) is 30.3 Å². The first-order chi connectivity index (χ1) is 13.4. The number of rotatable bonds is 13. The summed E-state index contributed by atoms with van der Waals surface area (Å²) in [6, 6.07) is 10.1. The molecule has 0 unspecified atom stereocenters. The van der Waals surface area contributed by atoms with Crippen LogP contribution < -0.4 is 0 Å². The van der Waals surface area contributed by atoms with Crippen molar-refractivity contribution < 1.29 is 24.4 Å². The van der Waals surface area contributed by atoms with Gasteiger partial charge in [0.15, 0.2) is 5.79 Å². The fourth-order valence-corrected chi connectivity index (χ4v) is 3.74. The van der Waals surface area contributed by atoms with Crippen LogP contribution in [0.25, 0.3) is 0 Å². The summed E-state index contributed by atoms with van der Waals surface area (Å²) in [5.41, 5.74) is 1.13. The third kappa shape index (κ3) is 8.18. The normalized spacial score (nSPS) is 22.1. The van der Waals surface area contributed by atoms with Gasteiger partial charge in [-0.2, -0.15) is 0 Å². The van der Waals surface area contributed by atoms with Crippen LogP contribution in [-0.4, -0.2) is 48.0 Å². The Bertz CT molecular complexity index is 533. The highest BCUT2D eigenvalue weighted by molar-refractivity contribution is 5.13. The number of benzene rings is 1. The molecule has 4 atom stereocenters. The predicted octanol–water partition coefficient (Wildman–Crippen LogP) is 3.91. The first kappa shape index (κ1) is 23.3. The summed E-state index contributed by atoms with van der Waals surface area (Å²) < 4.78 is 18.1. The van der Waals surface area contributed by atoms with Crippen LogP contribution >= 0.6 is 0 Å². The average molecular weight is 395 g/mol. The summed E-state index contributed by atoms with van der Waals surface area (Å²) >= 11 is 0. The highest BCUT2D eigenvalue weighted by Gasteiger charge is 2.38. The van der Waals surface area contributed by atoms with Gasteiger partial charge in [-0.1, -0.05) is 50.1 Å². The minimum atomic E-state index is -0.590. The van der Waals surface area contributed by atoms with Crippen molar-refractivity contribution in [2.24, 2.45) is 11.8 Å². The molecule has 160 valence electrons. The lowest BCUT2D eigenvalue weighted by molar-refractivity contribution is -0.160. The van der Waals surface area contributed by atoms with Gasteiger partial charge in [-0.3, -0.25) is 0 Å². The molecule has 0 radical (unpaired) electrons. The van der Waals surface area contributed by atoms with Gasteiger partial charge in [-0.05, 0) is 50.5 Å². The second-order valence-corrected chi connectivity index (χ2v) is 8.53. The lowest BCUT2D eigenvalue weighted by Gasteiger charge is -2.28. The molecule has 1 aromatic rings. The highest BCUT2D eigenvalue weighted by Crippen LogP contribution is 2.30. The number of hydrogen-bond acceptors (Lipinski definition) is 5. The summed E-state index contributed by atoms with van der Waals surface area (Å²) in [7, 11) is 0. The SMILES string of the molecule is C[C@H](CCO)CCC[C@@H](CO)C[C@H](OCc1ccccc1)[C@H]1COC(C)(C)O1. The van der Waals surface area contributed by atoms with Gasteiger partial charge in [0.05, 0.1) is 19.3 Å².